The molecule has 0 saturated heterocycles. The van der Waals surface area contributed by atoms with Gasteiger partial charge in [-0.2, -0.15) is 0 Å². The molecule has 1 rings (SSSR count). The molecule has 1 saturated carbocycles. The molecule has 94 valence electrons. The zero-order valence-corrected chi connectivity index (χ0v) is 10.4. The maximum Gasteiger partial charge on any atom is 0.314 e. The fraction of sp³-hybridized carbons (Fsp3) is 0.917. The van der Waals surface area contributed by atoms with Crippen LogP contribution >= 0.6 is 0 Å². The van der Waals surface area contributed by atoms with Gasteiger partial charge in [-0.25, -0.2) is 4.79 Å². The van der Waals surface area contributed by atoms with Gasteiger partial charge in [-0.3, -0.25) is 0 Å². The van der Waals surface area contributed by atoms with E-state index in [1.165, 1.54) is 0 Å². The molecule has 0 aliphatic heterocycles. The van der Waals surface area contributed by atoms with E-state index in [1.54, 1.807) is 0 Å². The molecule has 0 radical (unpaired) electrons. The van der Waals surface area contributed by atoms with Crippen LogP contribution in [0, 0.1) is 5.92 Å². The lowest BCUT2D eigenvalue weighted by molar-refractivity contribution is 0.0501. The summed E-state index contributed by atoms with van der Waals surface area (Å²) < 4.78 is 0. The van der Waals surface area contributed by atoms with Crippen LogP contribution in [0.2, 0.25) is 0 Å². The minimum absolute atomic E-state index is 0.166. The van der Waals surface area contributed by atoms with Crippen LogP contribution in [0.1, 0.15) is 46.0 Å². The van der Waals surface area contributed by atoms with Gasteiger partial charge in [0.15, 0.2) is 0 Å². The molecule has 0 heterocycles. The summed E-state index contributed by atoms with van der Waals surface area (Å²) in [4.78, 5) is 11.4. The maximum absolute atomic E-state index is 11.4. The number of aliphatic hydroxyl groups is 1. The Morgan fingerprint density at radius 3 is 2.50 bits per heavy atom. The Kier molecular flexibility index (Phi) is 5.06. The maximum atomic E-state index is 11.4. The summed E-state index contributed by atoms with van der Waals surface area (Å²) in [6.07, 6.45) is 4.72. The summed E-state index contributed by atoms with van der Waals surface area (Å²) >= 11 is 0. The molecule has 1 aliphatic rings. The summed E-state index contributed by atoms with van der Waals surface area (Å²) in [6.45, 7) is 5.32. The number of urea groups is 1. The van der Waals surface area contributed by atoms with Crippen LogP contribution in [0.25, 0.3) is 0 Å². The third-order valence-corrected chi connectivity index (χ3v) is 3.12. The van der Waals surface area contributed by atoms with Crippen molar-refractivity contribution in [1.82, 2.24) is 10.6 Å². The summed E-state index contributed by atoms with van der Waals surface area (Å²) in [5, 5.41) is 15.5. The largest absolute Gasteiger partial charge is 0.388 e. The van der Waals surface area contributed by atoms with Crippen molar-refractivity contribution in [3.63, 3.8) is 0 Å². The van der Waals surface area contributed by atoms with Gasteiger partial charge in [0, 0.05) is 13.1 Å². The molecule has 0 bridgehead atoms. The Hall–Kier alpha value is -0.770. The minimum atomic E-state index is -0.657. The van der Waals surface area contributed by atoms with E-state index in [0.717, 1.165) is 32.1 Å². The van der Waals surface area contributed by atoms with Crippen molar-refractivity contribution in [1.29, 1.82) is 0 Å². The minimum Gasteiger partial charge on any atom is -0.388 e. The van der Waals surface area contributed by atoms with E-state index in [-0.39, 0.29) is 6.03 Å². The van der Waals surface area contributed by atoms with E-state index in [0.29, 0.717) is 19.0 Å². The van der Waals surface area contributed by atoms with Gasteiger partial charge in [0.05, 0.1) is 5.60 Å². The van der Waals surface area contributed by atoms with Gasteiger partial charge in [-0.1, -0.05) is 26.7 Å². The zero-order valence-electron chi connectivity index (χ0n) is 10.4. The van der Waals surface area contributed by atoms with E-state index in [4.69, 9.17) is 0 Å². The molecule has 0 aromatic carbocycles. The normalized spacial score (nSPS) is 18.8. The first-order chi connectivity index (χ1) is 7.52. The zero-order chi connectivity index (χ0) is 12.0. The number of hydrogen-bond donors (Lipinski definition) is 3. The first kappa shape index (κ1) is 13.3. The highest BCUT2D eigenvalue weighted by Crippen LogP contribution is 2.28. The van der Waals surface area contributed by atoms with Crippen molar-refractivity contribution in [2.24, 2.45) is 5.92 Å². The van der Waals surface area contributed by atoms with Crippen molar-refractivity contribution in [3.8, 4) is 0 Å². The van der Waals surface area contributed by atoms with Gasteiger partial charge in [-0.05, 0) is 25.2 Å². The molecule has 0 aromatic rings. The average Bonchev–Trinajstić information content (AvgIpc) is 2.62. The molecular weight excluding hydrogens is 204 g/mol. The molecule has 4 nitrogen and oxygen atoms in total. The van der Waals surface area contributed by atoms with Crippen LogP contribution in [-0.2, 0) is 0 Å². The van der Waals surface area contributed by atoms with Gasteiger partial charge in [-0.15, -0.1) is 0 Å². The van der Waals surface area contributed by atoms with Gasteiger partial charge in [0.2, 0.25) is 0 Å². The summed E-state index contributed by atoms with van der Waals surface area (Å²) in [5.41, 5.74) is -0.657. The van der Waals surface area contributed by atoms with Gasteiger partial charge in [0.25, 0.3) is 0 Å². The first-order valence-electron chi connectivity index (χ1n) is 6.26. The van der Waals surface area contributed by atoms with Crippen molar-refractivity contribution in [2.45, 2.75) is 51.6 Å². The van der Waals surface area contributed by atoms with Crippen LogP contribution in [0.15, 0.2) is 0 Å². The van der Waals surface area contributed by atoms with Crippen molar-refractivity contribution < 1.29 is 9.90 Å². The van der Waals surface area contributed by atoms with Crippen molar-refractivity contribution in [3.05, 3.63) is 0 Å². The van der Waals surface area contributed by atoms with Crippen molar-refractivity contribution in [2.75, 3.05) is 13.1 Å². The predicted octanol–water partition coefficient (Wildman–Crippen LogP) is 1.64. The molecule has 16 heavy (non-hydrogen) atoms. The number of carbonyl (C=O) groups is 1. The fourth-order valence-corrected chi connectivity index (χ4v) is 1.99. The number of carbonyl (C=O) groups excluding carboxylic acids is 1. The second kappa shape index (κ2) is 6.09. The monoisotopic (exact) mass is 228 g/mol. The summed E-state index contributed by atoms with van der Waals surface area (Å²) in [6, 6.07) is -0.166. The van der Waals surface area contributed by atoms with Crippen LogP contribution in [0.5, 0.6) is 0 Å². The molecule has 1 fully saturated rings. The van der Waals surface area contributed by atoms with Crippen LogP contribution < -0.4 is 10.6 Å². The second-order valence-electron chi connectivity index (χ2n) is 5.22. The highest BCUT2D eigenvalue weighted by Gasteiger charge is 2.31. The smallest absolute Gasteiger partial charge is 0.314 e. The second-order valence-corrected chi connectivity index (χ2v) is 5.22. The Bertz CT molecular complexity index is 223. The Balaban J connectivity index is 2.10. The van der Waals surface area contributed by atoms with Crippen molar-refractivity contribution >= 4 is 6.03 Å². The molecule has 0 spiro atoms. The van der Waals surface area contributed by atoms with Crippen LogP contribution in [0.4, 0.5) is 4.79 Å². The molecular formula is C12H24N2O2. The molecule has 4 heteroatoms. The highest BCUT2D eigenvalue weighted by molar-refractivity contribution is 5.73. The Morgan fingerprint density at radius 1 is 1.31 bits per heavy atom. The molecule has 0 atom stereocenters. The first-order valence-corrected chi connectivity index (χ1v) is 6.26. The lowest BCUT2D eigenvalue weighted by atomic mass is 10.0. The van der Waals surface area contributed by atoms with E-state index < -0.39 is 5.60 Å². The average molecular weight is 228 g/mol. The third kappa shape index (κ3) is 4.84. The topological polar surface area (TPSA) is 61.4 Å². The number of hydrogen-bond acceptors (Lipinski definition) is 2. The molecule has 1 aliphatic carbocycles. The Morgan fingerprint density at radius 2 is 1.94 bits per heavy atom. The van der Waals surface area contributed by atoms with Gasteiger partial charge >= 0.3 is 6.03 Å². The number of rotatable bonds is 5. The number of nitrogens with one attached hydrogen (secondary N) is 2. The lowest BCUT2D eigenvalue weighted by Gasteiger charge is -2.22. The van der Waals surface area contributed by atoms with Gasteiger partial charge in [0.1, 0.15) is 0 Å². The van der Waals surface area contributed by atoms with Crippen LogP contribution in [0.3, 0.4) is 0 Å². The highest BCUT2D eigenvalue weighted by atomic mass is 16.3. The van der Waals surface area contributed by atoms with E-state index in [1.807, 2.05) is 0 Å². The van der Waals surface area contributed by atoms with Gasteiger partial charge < -0.3 is 15.7 Å². The van der Waals surface area contributed by atoms with E-state index in [9.17, 15) is 9.90 Å². The Labute approximate surface area is 97.8 Å². The SMILES string of the molecule is CC(C)CCNC(=O)NCC1(O)CCCC1. The quantitative estimate of drug-likeness (QED) is 0.670. The van der Waals surface area contributed by atoms with E-state index in [2.05, 4.69) is 24.5 Å². The fourth-order valence-electron chi connectivity index (χ4n) is 1.99. The standard InChI is InChI=1S/C12H24N2O2/c1-10(2)5-8-13-11(15)14-9-12(16)6-3-4-7-12/h10,16H,3-9H2,1-2H3,(H2,13,14,15). The molecule has 2 amide bonds. The third-order valence-electron chi connectivity index (χ3n) is 3.12. The predicted molar refractivity (Wildman–Crippen MR) is 64.3 cm³/mol. The number of amides is 2. The molecule has 0 aromatic heterocycles. The lowest BCUT2D eigenvalue weighted by Crippen LogP contribution is -2.45. The molecule has 3 N–H and O–H groups in total. The van der Waals surface area contributed by atoms with E-state index >= 15 is 0 Å². The summed E-state index contributed by atoms with van der Waals surface area (Å²) in [5.74, 6) is 0.597. The summed E-state index contributed by atoms with van der Waals surface area (Å²) in [7, 11) is 0. The van der Waals surface area contributed by atoms with Crippen LogP contribution in [-0.4, -0.2) is 29.8 Å². The molecule has 0 unspecified atom stereocenters.